The van der Waals surface area contributed by atoms with Crippen molar-refractivity contribution in [2.45, 2.75) is 36.2 Å². The first-order valence-corrected chi connectivity index (χ1v) is 8.81. The van der Waals surface area contributed by atoms with Gasteiger partial charge in [-0.25, -0.2) is 8.42 Å². The van der Waals surface area contributed by atoms with Crippen LogP contribution >= 0.6 is 11.8 Å². The monoisotopic (exact) mass is 317 g/mol. The zero-order valence-corrected chi connectivity index (χ0v) is 13.6. The Balaban J connectivity index is 2.73. The molecule has 112 valence electrons. The highest BCUT2D eigenvalue weighted by molar-refractivity contribution is 8.00. The van der Waals surface area contributed by atoms with Crippen molar-refractivity contribution >= 4 is 33.3 Å². The van der Waals surface area contributed by atoms with Crippen molar-refractivity contribution in [3.63, 3.8) is 0 Å². The van der Waals surface area contributed by atoms with Crippen LogP contribution in [-0.4, -0.2) is 32.0 Å². The molecule has 0 bridgehead atoms. The molecule has 0 aliphatic carbocycles. The van der Waals surface area contributed by atoms with E-state index in [1.54, 1.807) is 26.8 Å². The number of rotatable bonds is 4. The number of anilines is 1. The first-order valence-electron chi connectivity index (χ1n) is 5.93. The van der Waals surface area contributed by atoms with Gasteiger partial charge in [0.25, 0.3) is 0 Å². The molecule has 0 aliphatic heterocycles. The Kier molecular flexibility index (Phi) is 5.10. The van der Waals surface area contributed by atoms with Crippen LogP contribution in [0.25, 0.3) is 0 Å². The molecule has 1 aromatic rings. The molecule has 0 saturated carbocycles. The first-order chi connectivity index (χ1) is 8.99. The molecular weight excluding hydrogens is 298 g/mol. The number of ether oxygens (including phenoxy) is 1. The number of nitrogen functional groups attached to an aromatic ring is 1. The van der Waals surface area contributed by atoms with Crippen LogP contribution in [0.5, 0.6) is 0 Å². The number of hydrogen-bond acceptors (Lipinski definition) is 6. The number of sulfone groups is 1. The van der Waals surface area contributed by atoms with Gasteiger partial charge in [-0.3, -0.25) is 4.79 Å². The maximum Gasteiger partial charge on any atom is 0.316 e. The molecule has 0 spiro atoms. The van der Waals surface area contributed by atoms with Crippen LogP contribution in [0.2, 0.25) is 0 Å². The second-order valence-electron chi connectivity index (χ2n) is 5.35. The molecule has 0 radical (unpaired) electrons. The van der Waals surface area contributed by atoms with Crippen LogP contribution in [0.3, 0.4) is 0 Å². The summed E-state index contributed by atoms with van der Waals surface area (Å²) in [5, 5.41) is 0. The van der Waals surface area contributed by atoms with Crippen molar-refractivity contribution in [3.05, 3.63) is 18.2 Å². The van der Waals surface area contributed by atoms with Gasteiger partial charge in [0.1, 0.15) is 5.60 Å². The minimum Gasteiger partial charge on any atom is -0.459 e. The van der Waals surface area contributed by atoms with Crippen molar-refractivity contribution in [1.29, 1.82) is 0 Å². The van der Waals surface area contributed by atoms with Gasteiger partial charge in [0, 0.05) is 16.8 Å². The summed E-state index contributed by atoms with van der Waals surface area (Å²) in [7, 11) is -3.28. The fourth-order valence-electron chi connectivity index (χ4n) is 1.40. The van der Waals surface area contributed by atoms with E-state index in [0.717, 1.165) is 6.26 Å². The molecule has 1 aromatic carbocycles. The number of thioether (sulfide) groups is 1. The molecule has 0 heterocycles. The Hall–Kier alpha value is -1.21. The fraction of sp³-hybridized carbons (Fsp3) is 0.462. The minimum absolute atomic E-state index is 0.125. The molecular formula is C13H19NO4S2. The molecule has 1 rings (SSSR count). The van der Waals surface area contributed by atoms with Crippen LogP contribution in [0.4, 0.5) is 5.69 Å². The Labute approximate surface area is 123 Å². The van der Waals surface area contributed by atoms with Gasteiger partial charge in [-0.2, -0.15) is 0 Å². The van der Waals surface area contributed by atoms with Crippen molar-refractivity contribution in [1.82, 2.24) is 0 Å². The summed E-state index contributed by atoms with van der Waals surface area (Å²) in [6, 6.07) is 4.47. The highest BCUT2D eigenvalue weighted by Crippen LogP contribution is 2.27. The number of nitrogens with two attached hydrogens (primary N) is 1. The minimum atomic E-state index is -3.28. The fourth-order valence-corrected chi connectivity index (χ4v) is 2.77. The van der Waals surface area contributed by atoms with Gasteiger partial charge in [-0.1, -0.05) is 0 Å². The van der Waals surface area contributed by atoms with Crippen LogP contribution in [0.15, 0.2) is 28.0 Å². The Morgan fingerprint density at radius 1 is 1.35 bits per heavy atom. The van der Waals surface area contributed by atoms with Gasteiger partial charge in [0.2, 0.25) is 0 Å². The summed E-state index contributed by atoms with van der Waals surface area (Å²) in [6.45, 7) is 5.39. The lowest BCUT2D eigenvalue weighted by molar-refractivity contribution is -0.151. The van der Waals surface area contributed by atoms with Crippen LogP contribution in [0.1, 0.15) is 20.8 Å². The SMILES string of the molecule is CC(C)(C)OC(=O)CSc1ccc(S(C)(=O)=O)cc1N. The van der Waals surface area contributed by atoms with E-state index in [-0.39, 0.29) is 16.6 Å². The highest BCUT2D eigenvalue weighted by Gasteiger charge is 2.17. The molecule has 0 saturated heterocycles. The average molecular weight is 317 g/mol. The zero-order valence-electron chi connectivity index (χ0n) is 12.0. The number of carbonyl (C=O) groups excluding carboxylic acids is 1. The quantitative estimate of drug-likeness (QED) is 0.520. The maximum atomic E-state index is 11.6. The van der Waals surface area contributed by atoms with Gasteiger partial charge >= 0.3 is 5.97 Å². The van der Waals surface area contributed by atoms with Crippen molar-refractivity contribution < 1.29 is 17.9 Å². The van der Waals surface area contributed by atoms with Crippen LogP contribution in [-0.2, 0) is 19.4 Å². The predicted octanol–water partition coefficient (Wildman–Crippen LogP) is 2.11. The maximum absolute atomic E-state index is 11.6. The third-order valence-corrected chi connectivity index (χ3v) is 4.35. The van der Waals surface area contributed by atoms with E-state index in [1.165, 1.54) is 23.9 Å². The van der Waals surface area contributed by atoms with Crippen LogP contribution < -0.4 is 5.73 Å². The summed E-state index contributed by atoms with van der Waals surface area (Å²) < 4.78 is 27.9. The normalized spacial score (nSPS) is 12.2. The van der Waals surface area contributed by atoms with Gasteiger partial charge in [-0.05, 0) is 39.0 Å². The molecule has 5 nitrogen and oxygen atoms in total. The molecule has 0 aromatic heterocycles. The lowest BCUT2D eigenvalue weighted by atomic mass is 10.2. The highest BCUT2D eigenvalue weighted by atomic mass is 32.2. The number of hydrogen-bond donors (Lipinski definition) is 1. The molecule has 0 unspecified atom stereocenters. The smallest absolute Gasteiger partial charge is 0.316 e. The molecule has 7 heteroatoms. The lowest BCUT2D eigenvalue weighted by Crippen LogP contribution is -2.24. The Bertz CT molecular complexity index is 603. The van der Waals surface area contributed by atoms with Crippen molar-refractivity contribution in [2.75, 3.05) is 17.7 Å². The molecule has 0 atom stereocenters. The number of benzene rings is 1. The topological polar surface area (TPSA) is 86.5 Å². The van der Waals surface area contributed by atoms with E-state index >= 15 is 0 Å². The van der Waals surface area contributed by atoms with E-state index in [0.29, 0.717) is 10.6 Å². The van der Waals surface area contributed by atoms with Gasteiger partial charge < -0.3 is 10.5 Å². The lowest BCUT2D eigenvalue weighted by Gasteiger charge is -2.19. The third-order valence-electron chi connectivity index (χ3n) is 2.17. The largest absolute Gasteiger partial charge is 0.459 e. The van der Waals surface area contributed by atoms with E-state index in [9.17, 15) is 13.2 Å². The second-order valence-corrected chi connectivity index (χ2v) is 8.38. The second kappa shape index (κ2) is 6.05. The summed E-state index contributed by atoms with van der Waals surface area (Å²) in [5.41, 5.74) is 5.60. The standard InChI is InChI=1S/C13H19NO4S2/c1-13(2,3)18-12(15)8-19-11-6-5-9(7-10(11)14)20(4,16)17/h5-7H,8,14H2,1-4H3. The number of esters is 1. The van der Waals surface area contributed by atoms with Gasteiger partial charge in [-0.15, -0.1) is 11.8 Å². The average Bonchev–Trinajstić information content (AvgIpc) is 2.23. The zero-order chi connectivity index (χ0) is 15.6. The Morgan fingerprint density at radius 2 is 1.95 bits per heavy atom. The van der Waals surface area contributed by atoms with Gasteiger partial charge in [0.15, 0.2) is 9.84 Å². The molecule has 2 N–H and O–H groups in total. The van der Waals surface area contributed by atoms with Gasteiger partial charge in [0.05, 0.1) is 10.6 Å². The predicted molar refractivity (Wildman–Crippen MR) is 80.5 cm³/mol. The molecule has 0 amide bonds. The summed E-state index contributed by atoms with van der Waals surface area (Å²) >= 11 is 1.22. The van der Waals surface area contributed by atoms with E-state index in [4.69, 9.17) is 10.5 Å². The Morgan fingerprint density at radius 3 is 2.40 bits per heavy atom. The summed E-state index contributed by atoms with van der Waals surface area (Å²) in [4.78, 5) is 12.4. The summed E-state index contributed by atoms with van der Waals surface area (Å²) in [6.07, 6.45) is 1.12. The van der Waals surface area contributed by atoms with E-state index in [1.807, 2.05) is 0 Å². The van der Waals surface area contributed by atoms with E-state index in [2.05, 4.69) is 0 Å². The third kappa shape index (κ3) is 5.42. The van der Waals surface area contributed by atoms with E-state index < -0.39 is 15.4 Å². The molecule has 0 fully saturated rings. The molecule has 0 aliphatic rings. The van der Waals surface area contributed by atoms with Crippen molar-refractivity contribution in [3.8, 4) is 0 Å². The summed E-state index contributed by atoms with van der Waals surface area (Å²) in [5.74, 6) is -0.214. The molecule has 20 heavy (non-hydrogen) atoms. The first kappa shape index (κ1) is 16.8. The van der Waals surface area contributed by atoms with Crippen LogP contribution in [0, 0.1) is 0 Å². The van der Waals surface area contributed by atoms with Crippen molar-refractivity contribution in [2.24, 2.45) is 0 Å². The number of carbonyl (C=O) groups is 1.